The highest BCUT2D eigenvalue weighted by Gasteiger charge is 2.19. The minimum Gasteiger partial charge on any atom is -0.496 e. The average Bonchev–Trinajstić information content (AvgIpc) is 2.72. The molecule has 0 atom stereocenters. The molecule has 0 aromatic heterocycles. The van der Waals surface area contributed by atoms with E-state index in [0.29, 0.717) is 5.75 Å². The molecule has 148 valence electrons. The molecule has 3 rings (SSSR count). The third kappa shape index (κ3) is 4.57. The highest BCUT2D eigenvalue weighted by Crippen LogP contribution is 2.20. The molecule has 5 nitrogen and oxygen atoms in total. The lowest BCUT2D eigenvalue weighted by Crippen LogP contribution is -2.25. The summed E-state index contributed by atoms with van der Waals surface area (Å²) in [6.07, 6.45) is 0. The van der Waals surface area contributed by atoms with Gasteiger partial charge in [0.2, 0.25) is 0 Å². The molecule has 0 unspecified atom stereocenters. The summed E-state index contributed by atoms with van der Waals surface area (Å²) in [5, 5.41) is 5.15. The van der Waals surface area contributed by atoms with Crippen LogP contribution in [-0.2, 0) is 6.54 Å². The van der Waals surface area contributed by atoms with Crippen molar-refractivity contribution in [3.05, 3.63) is 95.1 Å². The fraction of sp³-hybridized carbons (Fsp3) is 0.0909. The molecule has 0 aliphatic rings. The number of hydrogen-bond acceptors (Lipinski definition) is 3. The Morgan fingerprint density at radius 2 is 1.52 bits per heavy atom. The van der Waals surface area contributed by atoms with E-state index < -0.39 is 29.0 Å². The number of ether oxygens (including phenoxy) is 1. The zero-order chi connectivity index (χ0) is 20.8. The van der Waals surface area contributed by atoms with E-state index in [1.807, 2.05) is 18.2 Å². The number of methoxy groups -OCH3 is 1. The zero-order valence-electron chi connectivity index (χ0n) is 15.5. The van der Waals surface area contributed by atoms with Crippen LogP contribution in [0.1, 0.15) is 26.3 Å². The molecule has 0 aliphatic heterocycles. The van der Waals surface area contributed by atoms with E-state index in [9.17, 15) is 18.4 Å². The molecule has 7 heteroatoms. The van der Waals surface area contributed by atoms with Gasteiger partial charge in [0.25, 0.3) is 11.8 Å². The van der Waals surface area contributed by atoms with Crippen LogP contribution in [-0.4, -0.2) is 18.9 Å². The molecule has 0 saturated carbocycles. The Kier molecular flexibility index (Phi) is 6.19. The normalized spacial score (nSPS) is 10.3. The van der Waals surface area contributed by atoms with Crippen LogP contribution in [0.25, 0.3) is 0 Å². The fourth-order valence-electron chi connectivity index (χ4n) is 2.81. The summed E-state index contributed by atoms with van der Waals surface area (Å²) in [5.41, 5.74) is 0.361. The quantitative estimate of drug-likeness (QED) is 0.658. The lowest BCUT2D eigenvalue weighted by Gasteiger charge is -2.13. The van der Waals surface area contributed by atoms with Gasteiger partial charge in [0.15, 0.2) is 0 Å². The Hall–Kier alpha value is -3.74. The van der Waals surface area contributed by atoms with E-state index >= 15 is 0 Å². The van der Waals surface area contributed by atoms with E-state index in [4.69, 9.17) is 4.74 Å². The van der Waals surface area contributed by atoms with Gasteiger partial charge in [-0.15, -0.1) is 0 Å². The first-order valence-electron chi connectivity index (χ1n) is 8.75. The predicted octanol–water partition coefficient (Wildman–Crippen LogP) is 4.16. The van der Waals surface area contributed by atoms with Crippen LogP contribution in [0.5, 0.6) is 5.75 Å². The second-order valence-electron chi connectivity index (χ2n) is 6.09. The minimum absolute atomic E-state index is 0.137. The summed E-state index contributed by atoms with van der Waals surface area (Å²) >= 11 is 0. The molecule has 0 saturated heterocycles. The second kappa shape index (κ2) is 8.97. The number of amides is 2. The van der Waals surface area contributed by atoms with Gasteiger partial charge in [0.05, 0.1) is 18.4 Å². The minimum atomic E-state index is -0.986. The molecular formula is C22H18F2N2O3. The Balaban J connectivity index is 1.78. The molecule has 0 spiro atoms. The highest BCUT2D eigenvalue weighted by atomic mass is 19.1. The van der Waals surface area contributed by atoms with Crippen LogP contribution in [0.2, 0.25) is 0 Å². The third-order valence-electron chi connectivity index (χ3n) is 4.24. The van der Waals surface area contributed by atoms with Gasteiger partial charge in [-0.05, 0) is 30.3 Å². The van der Waals surface area contributed by atoms with Crippen molar-refractivity contribution < 1.29 is 23.1 Å². The van der Waals surface area contributed by atoms with Gasteiger partial charge < -0.3 is 15.4 Å². The first kappa shape index (κ1) is 20.0. The summed E-state index contributed by atoms with van der Waals surface area (Å²) in [6.45, 7) is 0.201. The number of rotatable bonds is 6. The maximum Gasteiger partial charge on any atom is 0.261 e. The molecule has 0 heterocycles. The number of nitrogens with one attached hydrogen (secondary N) is 2. The lowest BCUT2D eigenvalue weighted by atomic mass is 10.1. The summed E-state index contributed by atoms with van der Waals surface area (Å²) in [6, 6.07) is 16.6. The van der Waals surface area contributed by atoms with E-state index in [1.165, 1.54) is 25.3 Å². The topological polar surface area (TPSA) is 67.4 Å². The molecule has 0 fully saturated rings. The van der Waals surface area contributed by atoms with Crippen molar-refractivity contribution >= 4 is 17.5 Å². The zero-order valence-corrected chi connectivity index (χ0v) is 15.5. The van der Waals surface area contributed by atoms with Crippen LogP contribution in [0.3, 0.4) is 0 Å². The lowest BCUT2D eigenvalue weighted by molar-refractivity contribution is 0.0951. The number of carbonyl (C=O) groups excluding carboxylic acids is 2. The molecule has 3 aromatic carbocycles. The van der Waals surface area contributed by atoms with Gasteiger partial charge in [0.1, 0.15) is 22.9 Å². The van der Waals surface area contributed by atoms with Crippen LogP contribution in [0.15, 0.2) is 66.7 Å². The van der Waals surface area contributed by atoms with Crippen LogP contribution in [0, 0.1) is 11.6 Å². The molecule has 2 N–H and O–H groups in total. The summed E-state index contributed by atoms with van der Waals surface area (Å²) < 4.78 is 33.0. The monoisotopic (exact) mass is 396 g/mol. The SMILES string of the molecule is COc1ccccc1CNC(=O)c1ccccc1NC(=O)c1c(F)cccc1F. The van der Waals surface area contributed by atoms with Gasteiger partial charge in [-0.25, -0.2) is 8.78 Å². The number of hydrogen-bond donors (Lipinski definition) is 2. The molecular weight excluding hydrogens is 378 g/mol. The summed E-state index contributed by atoms with van der Waals surface area (Å²) in [7, 11) is 1.54. The first-order valence-corrected chi connectivity index (χ1v) is 8.75. The van der Waals surface area contributed by atoms with Gasteiger partial charge in [-0.3, -0.25) is 9.59 Å². The molecule has 0 aliphatic carbocycles. The summed E-state index contributed by atoms with van der Waals surface area (Å²) in [5.74, 6) is -2.78. The van der Waals surface area contributed by atoms with Crippen molar-refractivity contribution in [2.45, 2.75) is 6.54 Å². The maximum atomic E-state index is 13.9. The van der Waals surface area contributed by atoms with Gasteiger partial charge >= 0.3 is 0 Å². The van der Waals surface area contributed by atoms with Gasteiger partial charge in [0, 0.05) is 12.1 Å². The largest absolute Gasteiger partial charge is 0.496 e. The molecule has 3 aromatic rings. The average molecular weight is 396 g/mol. The smallest absolute Gasteiger partial charge is 0.261 e. The molecule has 2 amide bonds. The van der Waals surface area contributed by atoms with Crippen molar-refractivity contribution in [3.63, 3.8) is 0 Å². The third-order valence-corrected chi connectivity index (χ3v) is 4.24. The molecule has 0 bridgehead atoms. The van der Waals surface area contributed by atoms with Crippen molar-refractivity contribution in [2.24, 2.45) is 0 Å². The van der Waals surface area contributed by atoms with E-state index in [-0.39, 0.29) is 17.8 Å². The Morgan fingerprint density at radius 3 is 2.24 bits per heavy atom. The number of anilines is 1. The molecule has 29 heavy (non-hydrogen) atoms. The van der Waals surface area contributed by atoms with Crippen LogP contribution < -0.4 is 15.4 Å². The van der Waals surface area contributed by atoms with Gasteiger partial charge in [-0.2, -0.15) is 0 Å². The number of carbonyl (C=O) groups is 2. The van der Waals surface area contributed by atoms with Crippen molar-refractivity contribution in [1.82, 2.24) is 5.32 Å². The van der Waals surface area contributed by atoms with Crippen LogP contribution >= 0.6 is 0 Å². The second-order valence-corrected chi connectivity index (χ2v) is 6.09. The fourth-order valence-corrected chi connectivity index (χ4v) is 2.81. The predicted molar refractivity (Wildman–Crippen MR) is 105 cm³/mol. The standard InChI is InChI=1S/C22H18F2N2O3/c1-29-19-12-5-2-7-14(19)13-25-21(27)15-8-3-4-11-18(15)26-22(28)20-16(23)9-6-10-17(20)24/h2-12H,13H2,1H3,(H,25,27)(H,26,28). The number of para-hydroxylation sites is 2. The number of benzene rings is 3. The van der Waals surface area contributed by atoms with Crippen molar-refractivity contribution in [2.75, 3.05) is 12.4 Å². The van der Waals surface area contributed by atoms with E-state index in [0.717, 1.165) is 17.7 Å². The van der Waals surface area contributed by atoms with E-state index in [2.05, 4.69) is 10.6 Å². The highest BCUT2D eigenvalue weighted by molar-refractivity contribution is 6.09. The summed E-state index contributed by atoms with van der Waals surface area (Å²) in [4.78, 5) is 25.0. The van der Waals surface area contributed by atoms with Crippen molar-refractivity contribution in [1.29, 1.82) is 0 Å². The Morgan fingerprint density at radius 1 is 0.862 bits per heavy atom. The van der Waals surface area contributed by atoms with Gasteiger partial charge in [-0.1, -0.05) is 36.4 Å². The molecule has 0 radical (unpaired) electrons. The number of halogens is 2. The van der Waals surface area contributed by atoms with Crippen LogP contribution in [0.4, 0.5) is 14.5 Å². The maximum absolute atomic E-state index is 13.9. The first-order chi connectivity index (χ1) is 14.0. The Labute approximate surface area is 166 Å². The van der Waals surface area contributed by atoms with Crippen molar-refractivity contribution in [3.8, 4) is 5.75 Å². The Bertz CT molecular complexity index is 1030. The van der Waals surface area contributed by atoms with E-state index in [1.54, 1.807) is 18.2 Å².